The monoisotopic (exact) mass is 362 g/mol. The molecule has 1 atom stereocenters. The number of aliphatic hydroxyl groups excluding tert-OH is 2. The Morgan fingerprint density at radius 1 is 1.15 bits per heavy atom. The molecule has 1 aromatic carbocycles. The molecule has 6 heteroatoms. The van der Waals surface area contributed by atoms with Gasteiger partial charge in [-0.2, -0.15) is 0 Å². The minimum absolute atomic E-state index is 0.0150. The molecule has 0 bridgehead atoms. The molecule has 2 fully saturated rings. The van der Waals surface area contributed by atoms with E-state index < -0.39 is 6.10 Å². The number of carbonyl (C=O) groups is 1. The molecular formula is C20H30N2O4. The number of amides is 1. The van der Waals surface area contributed by atoms with E-state index in [4.69, 9.17) is 4.74 Å². The van der Waals surface area contributed by atoms with Gasteiger partial charge in [0.05, 0.1) is 6.10 Å². The van der Waals surface area contributed by atoms with Crippen LogP contribution in [0.25, 0.3) is 0 Å². The summed E-state index contributed by atoms with van der Waals surface area (Å²) in [6.45, 7) is 4.26. The van der Waals surface area contributed by atoms with Crippen LogP contribution in [-0.4, -0.2) is 59.5 Å². The zero-order chi connectivity index (χ0) is 18.4. The molecule has 144 valence electrons. The number of ether oxygens (including phenoxy) is 1. The Morgan fingerprint density at radius 2 is 1.81 bits per heavy atom. The predicted octanol–water partition coefficient (Wildman–Crippen LogP) is 1.05. The largest absolute Gasteiger partial charge is 0.393 e. The first-order valence-corrected chi connectivity index (χ1v) is 9.64. The number of hydrogen-bond acceptors (Lipinski definition) is 5. The summed E-state index contributed by atoms with van der Waals surface area (Å²) in [5, 5.41) is 22.8. The molecule has 2 saturated heterocycles. The number of carbonyl (C=O) groups excluding carboxylic acids is 1. The maximum atomic E-state index is 12.3. The van der Waals surface area contributed by atoms with Crippen molar-refractivity contribution >= 4 is 5.91 Å². The van der Waals surface area contributed by atoms with Crippen molar-refractivity contribution in [2.24, 2.45) is 5.92 Å². The molecule has 0 spiro atoms. The van der Waals surface area contributed by atoms with Gasteiger partial charge in [0.2, 0.25) is 5.91 Å². The molecule has 0 aromatic heterocycles. The number of aliphatic hydroxyl groups is 2. The normalized spacial score (nSPS) is 21.5. The van der Waals surface area contributed by atoms with E-state index in [1.54, 1.807) is 0 Å². The summed E-state index contributed by atoms with van der Waals surface area (Å²) in [4.78, 5) is 14.7. The second kappa shape index (κ2) is 9.46. The Labute approximate surface area is 155 Å². The lowest BCUT2D eigenvalue weighted by Crippen LogP contribution is -2.41. The van der Waals surface area contributed by atoms with Crippen LogP contribution in [0.2, 0.25) is 0 Å². The van der Waals surface area contributed by atoms with Crippen LogP contribution in [0.1, 0.15) is 36.8 Å². The number of piperidine rings is 1. The number of nitrogens with one attached hydrogen (secondary N) is 1. The number of likely N-dealkylation sites (tertiary alicyclic amines) is 1. The van der Waals surface area contributed by atoms with Crippen molar-refractivity contribution in [3.63, 3.8) is 0 Å². The molecule has 3 rings (SSSR count). The highest BCUT2D eigenvalue weighted by Gasteiger charge is 2.27. The Hall–Kier alpha value is -1.47. The van der Waals surface area contributed by atoms with E-state index in [-0.39, 0.29) is 17.9 Å². The molecule has 2 aliphatic rings. The molecule has 1 aromatic rings. The molecule has 0 unspecified atom stereocenters. The number of nitrogens with zero attached hydrogens (tertiary/aromatic N) is 1. The van der Waals surface area contributed by atoms with Crippen molar-refractivity contribution in [3.05, 3.63) is 35.4 Å². The van der Waals surface area contributed by atoms with Crippen molar-refractivity contribution in [1.29, 1.82) is 0 Å². The van der Waals surface area contributed by atoms with E-state index in [1.165, 1.54) is 5.56 Å². The summed E-state index contributed by atoms with van der Waals surface area (Å²) >= 11 is 0. The van der Waals surface area contributed by atoms with Crippen molar-refractivity contribution in [2.45, 2.75) is 51.0 Å². The van der Waals surface area contributed by atoms with Gasteiger partial charge >= 0.3 is 0 Å². The summed E-state index contributed by atoms with van der Waals surface area (Å²) in [6.07, 6.45) is 1.95. The number of rotatable bonds is 6. The number of hydrogen-bond donors (Lipinski definition) is 3. The first kappa shape index (κ1) is 19.3. The van der Waals surface area contributed by atoms with Gasteiger partial charge in [-0.25, -0.2) is 0 Å². The number of benzene rings is 1. The summed E-state index contributed by atoms with van der Waals surface area (Å²) in [5.41, 5.74) is 2.26. The molecule has 0 radical (unpaired) electrons. The van der Waals surface area contributed by atoms with Crippen molar-refractivity contribution < 1.29 is 19.7 Å². The fourth-order valence-electron chi connectivity index (χ4n) is 3.74. The Morgan fingerprint density at radius 3 is 2.50 bits per heavy atom. The summed E-state index contributed by atoms with van der Waals surface area (Å²) in [6, 6.07) is 8.09. The maximum absolute atomic E-state index is 12.3. The molecule has 0 saturated carbocycles. The first-order valence-electron chi connectivity index (χ1n) is 9.64. The van der Waals surface area contributed by atoms with E-state index in [2.05, 4.69) is 16.3 Å². The van der Waals surface area contributed by atoms with Gasteiger partial charge in [0.25, 0.3) is 0 Å². The van der Waals surface area contributed by atoms with Crippen LogP contribution in [0.15, 0.2) is 24.3 Å². The molecule has 1 amide bonds. The molecule has 2 aliphatic heterocycles. The zero-order valence-corrected chi connectivity index (χ0v) is 15.3. The van der Waals surface area contributed by atoms with E-state index in [0.717, 1.165) is 50.9 Å². The molecule has 0 aliphatic carbocycles. The van der Waals surface area contributed by atoms with Crippen molar-refractivity contribution in [3.8, 4) is 0 Å². The highest BCUT2D eigenvalue weighted by atomic mass is 16.5. The van der Waals surface area contributed by atoms with Crippen molar-refractivity contribution in [2.75, 3.05) is 26.3 Å². The Balaban J connectivity index is 1.53. The Kier molecular flexibility index (Phi) is 7.02. The predicted molar refractivity (Wildman–Crippen MR) is 98.4 cm³/mol. The third kappa shape index (κ3) is 5.27. The van der Waals surface area contributed by atoms with Crippen LogP contribution in [0.5, 0.6) is 0 Å². The summed E-state index contributed by atoms with van der Waals surface area (Å²) in [5.74, 6) is -0.313. The second-order valence-electron chi connectivity index (χ2n) is 7.39. The van der Waals surface area contributed by atoms with Gasteiger partial charge in [0.1, 0.15) is 6.10 Å². The minimum Gasteiger partial charge on any atom is -0.393 e. The van der Waals surface area contributed by atoms with Gasteiger partial charge in [-0.05, 0) is 42.7 Å². The summed E-state index contributed by atoms with van der Waals surface area (Å²) < 4.78 is 5.29. The molecule has 3 N–H and O–H groups in total. The van der Waals surface area contributed by atoms with E-state index in [9.17, 15) is 15.0 Å². The average molecular weight is 362 g/mol. The first-order chi connectivity index (χ1) is 12.6. The van der Waals surface area contributed by atoms with E-state index in [1.807, 2.05) is 18.2 Å². The lowest BCUT2D eigenvalue weighted by molar-refractivity contribution is -0.134. The quantitative estimate of drug-likeness (QED) is 0.705. The topological polar surface area (TPSA) is 82.0 Å². The molecule has 6 nitrogen and oxygen atoms in total. The lowest BCUT2D eigenvalue weighted by Gasteiger charge is -2.30. The van der Waals surface area contributed by atoms with Crippen LogP contribution in [0.3, 0.4) is 0 Å². The van der Waals surface area contributed by atoms with Gasteiger partial charge in [0, 0.05) is 39.4 Å². The van der Waals surface area contributed by atoms with Crippen LogP contribution >= 0.6 is 0 Å². The maximum Gasteiger partial charge on any atom is 0.249 e. The molecule has 26 heavy (non-hydrogen) atoms. The summed E-state index contributed by atoms with van der Waals surface area (Å²) in [7, 11) is 0. The van der Waals surface area contributed by atoms with Gasteiger partial charge in [-0.15, -0.1) is 0 Å². The molecule has 2 heterocycles. The van der Waals surface area contributed by atoms with Crippen LogP contribution in [0.4, 0.5) is 0 Å². The van der Waals surface area contributed by atoms with E-state index in [0.29, 0.717) is 19.8 Å². The SMILES string of the molecule is O=C(NCc1ccccc1CN1CCC(O)CC1)[C@H](O)C1CCOCC1. The minimum atomic E-state index is -0.963. The molecular weight excluding hydrogens is 332 g/mol. The van der Waals surface area contributed by atoms with Crippen LogP contribution in [-0.2, 0) is 22.6 Å². The second-order valence-corrected chi connectivity index (χ2v) is 7.39. The van der Waals surface area contributed by atoms with Gasteiger partial charge in [0.15, 0.2) is 0 Å². The standard InChI is InChI=1S/C20H30N2O4/c23-18-5-9-22(10-6-18)14-17-4-2-1-3-16(17)13-21-20(25)19(24)15-7-11-26-12-8-15/h1-4,15,18-19,23-24H,5-14H2,(H,21,25)/t19-/m1/s1. The fourth-order valence-corrected chi connectivity index (χ4v) is 3.74. The highest BCUT2D eigenvalue weighted by Crippen LogP contribution is 2.20. The van der Waals surface area contributed by atoms with Gasteiger partial charge in [-0.1, -0.05) is 24.3 Å². The van der Waals surface area contributed by atoms with Crippen LogP contribution in [0, 0.1) is 5.92 Å². The lowest BCUT2D eigenvalue weighted by atomic mass is 9.93. The average Bonchev–Trinajstić information content (AvgIpc) is 2.69. The zero-order valence-electron chi connectivity index (χ0n) is 15.3. The van der Waals surface area contributed by atoms with E-state index >= 15 is 0 Å². The van der Waals surface area contributed by atoms with Gasteiger partial charge < -0.3 is 20.3 Å². The smallest absolute Gasteiger partial charge is 0.249 e. The Bertz CT molecular complexity index is 581. The van der Waals surface area contributed by atoms with Crippen molar-refractivity contribution in [1.82, 2.24) is 10.2 Å². The van der Waals surface area contributed by atoms with Gasteiger partial charge in [-0.3, -0.25) is 9.69 Å². The highest BCUT2D eigenvalue weighted by molar-refractivity contribution is 5.80. The third-order valence-electron chi connectivity index (χ3n) is 5.50. The third-order valence-corrected chi connectivity index (χ3v) is 5.50. The van der Waals surface area contributed by atoms with Crippen LogP contribution < -0.4 is 5.32 Å². The fraction of sp³-hybridized carbons (Fsp3) is 0.650.